The Bertz CT molecular complexity index is 1140. The molecule has 2 heterocycles. The fourth-order valence-corrected chi connectivity index (χ4v) is 4.07. The third-order valence-corrected chi connectivity index (χ3v) is 5.49. The van der Waals surface area contributed by atoms with E-state index in [-0.39, 0.29) is 5.91 Å². The number of thiazole rings is 1. The highest BCUT2D eigenvalue weighted by atomic mass is 32.1. The van der Waals surface area contributed by atoms with Crippen LogP contribution in [0.2, 0.25) is 0 Å². The molecule has 0 N–H and O–H groups in total. The molecule has 1 amide bonds. The average molecular weight is 404 g/mol. The number of benzene rings is 2. The topological polar surface area (TPSA) is 55.3 Å². The summed E-state index contributed by atoms with van der Waals surface area (Å²) >= 11 is 1.48. The van der Waals surface area contributed by atoms with E-state index in [1.807, 2.05) is 74.5 Å². The Hall–Kier alpha value is -3.25. The Morgan fingerprint density at radius 3 is 2.76 bits per heavy atom. The summed E-state index contributed by atoms with van der Waals surface area (Å²) in [6.45, 7) is 4.89. The van der Waals surface area contributed by atoms with Crippen LogP contribution < -0.4 is 9.64 Å². The summed E-state index contributed by atoms with van der Waals surface area (Å²) in [6, 6.07) is 19.1. The van der Waals surface area contributed by atoms with Gasteiger partial charge in [0.25, 0.3) is 5.91 Å². The number of hydrogen-bond donors (Lipinski definition) is 0. The highest BCUT2D eigenvalue weighted by Gasteiger charge is 2.22. The van der Waals surface area contributed by atoms with E-state index in [0.29, 0.717) is 23.8 Å². The number of nitrogens with zero attached hydrogens (tertiary/aromatic N) is 3. The second-order valence-electron chi connectivity index (χ2n) is 6.64. The minimum absolute atomic E-state index is 0.0940. The van der Waals surface area contributed by atoms with Crippen LogP contribution in [0, 0.1) is 6.92 Å². The molecule has 5 nitrogen and oxygen atoms in total. The molecule has 0 bridgehead atoms. The van der Waals surface area contributed by atoms with Gasteiger partial charge >= 0.3 is 0 Å². The molecule has 6 heteroatoms. The van der Waals surface area contributed by atoms with Gasteiger partial charge in [-0.1, -0.05) is 35.1 Å². The Morgan fingerprint density at radius 2 is 2.00 bits per heavy atom. The molecule has 0 aliphatic rings. The summed E-state index contributed by atoms with van der Waals surface area (Å²) in [4.78, 5) is 24.2. The predicted octanol–water partition coefficient (Wildman–Crippen LogP) is 5.25. The molecule has 2 aromatic carbocycles. The quantitative estimate of drug-likeness (QED) is 0.441. The Kier molecular flexibility index (Phi) is 5.53. The second kappa shape index (κ2) is 8.41. The molecule has 29 heavy (non-hydrogen) atoms. The first-order valence-corrected chi connectivity index (χ1v) is 10.3. The van der Waals surface area contributed by atoms with Crippen LogP contribution in [-0.2, 0) is 6.54 Å². The third-order valence-electron chi connectivity index (χ3n) is 4.45. The van der Waals surface area contributed by atoms with Gasteiger partial charge in [0.2, 0.25) is 0 Å². The van der Waals surface area contributed by atoms with Gasteiger partial charge in [-0.3, -0.25) is 14.7 Å². The van der Waals surface area contributed by atoms with Crippen LogP contribution in [0.3, 0.4) is 0 Å². The van der Waals surface area contributed by atoms with Crippen LogP contribution in [-0.4, -0.2) is 22.5 Å². The molecule has 0 fully saturated rings. The Labute approximate surface area is 173 Å². The number of anilines is 1. The van der Waals surface area contributed by atoms with Crippen molar-refractivity contribution in [2.45, 2.75) is 20.4 Å². The number of rotatable bonds is 6. The number of carbonyl (C=O) groups is 1. The Balaban J connectivity index is 1.75. The van der Waals surface area contributed by atoms with Crippen molar-refractivity contribution in [3.05, 3.63) is 83.7 Å². The van der Waals surface area contributed by atoms with Crippen molar-refractivity contribution in [3.63, 3.8) is 0 Å². The average Bonchev–Trinajstić information content (AvgIpc) is 3.15. The highest BCUT2D eigenvalue weighted by Crippen LogP contribution is 2.33. The lowest BCUT2D eigenvalue weighted by atomic mass is 10.1. The minimum atomic E-state index is -0.0940. The molecule has 4 aromatic rings. The van der Waals surface area contributed by atoms with E-state index in [1.165, 1.54) is 11.3 Å². The van der Waals surface area contributed by atoms with E-state index >= 15 is 0 Å². The number of aromatic nitrogens is 2. The molecule has 0 atom stereocenters. The summed E-state index contributed by atoms with van der Waals surface area (Å²) in [5.41, 5.74) is 3.33. The molecular weight excluding hydrogens is 382 g/mol. The van der Waals surface area contributed by atoms with E-state index in [4.69, 9.17) is 9.72 Å². The van der Waals surface area contributed by atoms with Gasteiger partial charge in [0, 0.05) is 11.8 Å². The van der Waals surface area contributed by atoms with Crippen LogP contribution in [0.15, 0.2) is 66.9 Å². The first-order valence-electron chi connectivity index (χ1n) is 9.46. The number of fused-ring (bicyclic) bond motifs is 1. The van der Waals surface area contributed by atoms with E-state index < -0.39 is 0 Å². The number of carbonyl (C=O) groups excluding carboxylic acids is 1. The molecule has 0 saturated heterocycles. The molecule has 0 unspecified atom stereocenters. The molecule has 0 aliphatic carbocycles. The van der Waals surface area contributed by atoms with Crippen LogP contribution in [0.1, 0.15) is 28.5 Å². The van der Waals surface area contributed by atoms with Crippen molar-refractivity contribution in [2.24, 2.45) is 0 Å². The number of amides is 1. The van der Waals surface area contributed by atoms with Crippen molar-refractivity contribution in [1.29, 1.82) is 0 Å². The summed E-state index contributed by atoms with van der Waals surface area (Å²) in [5, 5.41) is 0.644. The third kappa shape index (κ3) is 4.27. The SMILES string of the molecule is CCOc1ccc2nc(N(Cc3ccccn3)C(=O)c3cccc(C)c3)sc2c1. The molecule has 0 saturated carbocycles. The summed E-state index contributed by atoms with van der Waals surface area (Å²) in [5.74, 6) is 0.708. The fourth-order valence-electron chi connectivity index (χ4n) is 3.08. The second-order valence-corrected chi connectivity index (χ2v) is 7.65. The maximum Gasteiger partial charge on any atom is 0.260 e. The fraction of sp³-hybridized carbons (Fsp3) is 0.174. The first kappa shape index (κ1) is 19.1. The summed E-state index contributed by atoms with van der Waals surface area (Å²) < 4.78 is 6.58. The van der Waals surface area contributed by atoms with E-state index in [1.54, 1.807) is 11.1 Å². The van der Waals surface area contributed by atoms with Crippen molar-refractivity contribution in [1.82, 2.24) is 9.97 Å². The number of hydrogen-bond acceptors (Lipinski definition) is 5. The van der Waals surface area contributed by atoms with E-state index in [2.05, 4.69) is 4.98 Å². The van der Waals surface area contributed by atoms with Gasteiger partial charge in [0.1, 0.15) is 5.75 Å². The van der Waals surface area contributed by atoms with Crippen LogP contribution in [0.25, 0.3) is 10.2 Å². The van der Waals surface area contributed by atoms with Gasteiger partial charge in [0.05, 0.1) is 29.1 Å². The lowest BCUT2D eigenvalue weighted by Gasteiger charge is -2.19. The van der Waals surface area contributed by atoms with Crippen LogP contribution in [0.5, 0.6) is 5.75 Å². The molecule has 2 aromatic heterocycles. The normalized spacial score (nSPS) is 10.8. The lowest BCUT2D eigenvalue weighted by Crippen LogP contribution is -2.30. The molecular formula is C23H21N3O2S. The zero-order valence-corrected chi connectivity index (χ0v) is 17.1. The lowest BCUT2D eigenvalue weighted by molar-refractivity contribution is 0.0984. The number of aryl methyl sites for hydroxylation is 1. The highest BCUT2D eigenvalue weighted by molar-refractivity contribution is 7.22. The maximum absolute atomic E-state index is 13.4. The van der Waals surface area contributed by atoms with Crippen molar-refractivity contribution < 1.29 is 9.53 Å². The largest absolute Gasteiger partial charge is 0.494 e. The molecule has 0 radical (unpaired) electrons. The van der Waals surface area contributed by atoms with Gasteiger partial charge in [0.15, 0.2) is 5.13 Å². The van der Waals surface area contributed by atoms with Crippen molar-refractivity contribution in [3.8, 4) is 5.75 Å². The van der Waals surface area contributed by atoms with Gasteiger partial charge in [-0.05, 0) is 56.3 Å². The Morgan fingerprint density at radius 1 is 1.10 bits per heavy atom. The first-order chi connectivity index (χ1) is 14.1. The zero-order chi connectivity index (χ0) is 20.2. The number of pyridine rings is 1. The van der Waals surface area contributed by atoms with Crippen molar-refractivity contribution >= 4 is 32.6 Å². The standard InChI is InChI=1S/C23H21N3O2S/c1-3-28-19-10-11-20-21(14-19)29-23(25-20)26(15-18-9-4-5-12-24-18)22(27)17-8-6-7-16(2)13-17/h4-14H,3,15H2,1-2H3. The van der Waals surface area contributed by atoms with Gasteiger partial charge in [-0.15, -0.1) is 0 Å². The number of ether oxygens (including phenoxy) is 1. The smallest absolute Gasteiger partial charge is 0.260 e. The monoisotopic (exact) mass is 403 g/mol. The van der Waals surface area contributed by atoms with Gasteiger partial charge < -0.3 is 4.74 Å². The maximum atomic E-state index is 13.4. The van der Waals surface area contributed by atoms with Gasteiger partial charge in [-0.2, -0.15) is 0 Å². The summed E-state index contributed by atoms with van der Waals surface area (Å²) in [6.07, 6.45) is 1.73. The molecule has 146 valence electrons. The molecule has 0 aliphatic heterocycles. The van der Waals surface area contributed by atoms with Crippen LogP contribution in [0.4, 0.5) is 5.13 Å². The van der Waals surface area contributed by atoms with E-state index in [0.717, 1.165) is 27.2 Å². The molecule has 4 rings (SSSR count). The van der Waals surface area contributed by atoms with Gasteiger partial charge in [-0.25, -0.2) is 4.98 Å². The zero-order valence-electron chi connectivity index (χ0n) is 16.3. The predicted molar refractivity (Wildman–Crippen MR) is 117 cm³/mol. The summed E-state index contributed by atoms with van der Waals surface area (Å²) in [7, 11) is 0. The molecule has 0 spiro atoms. The van der Waals surface area contributed by atoms with Crippen molar-refractivity contribution in [2.75, 3.05) is 11.5 Å². The van der Waals surface area contributed by atoms with E-state index in [9.17, 15) is 4.79 Å². The minimum Gasteiger partial charge on any atom is -0.494 e. The van der Waals surface area contributed by atoms with Crippen LogP contribution >= 0.6 is 11.3 Å².